The lowest BCUT2D eigenvalue weighted by molar-refractivity contribution is -0.124. The third-order valence-electron chi connectivity index (χ3n) is 4.92. The molecule has 30 heavy (non-hydrogen) atoms. The van der Waals surface area contributed by atoms with Crippen LogP contribution in [0.2, 0.25) is 0 Å². The molecule has 1 aromatic heterocycles. The maximum Gasteiger partial charge on any atom is 0.332 e. The molecule has 1 aliphatic rings. The number of hydrogen-bond acceptors (Lipinski definition) is 4. The number of imide groups is 1. The summed E-state index contributed by atoms with van der Waals surface area (Å²) in [5, 5.41) is 2.78. The predicted molar refractivity (Wildman–Crippen MR) is 112 cm³/mol. The second-order valence-electron chi connectivity index (χ2n) is 7.14. The SMILES string of the molecule is Cc1cccc(N2C(=O)[C@H](CC(=O)Nc3ccccc3)N(Cc3ccco3)C2=O)c1. The molecular weight excluding hydrogens is 382 g/mol. The van der Waals surface area contributed by atoms with E-state index in [1.54, 1.807) is 42.5 Å². The average Bonchev–Trinajstić information content (AvgIpc) is 3.31. The van der Waals surface area contributed by atoms with Crippen LogP contribution in [0.1, 0.15) is 17.7 Å². The average molecular weight is 403 g/mol. The van der Waals surface area contributed by atoms with E-state index in [4.69, 9.17) is 4.42 Å². The molecule has 0 aliphatic carbocycles. The van der Waals surface area contributed by atoms with Gasteiger partial charge in [-0.25, -0.2) is 9.69 Å². The lowest BCUT2D eigenvalue weighted by Crippen LogP contribution is -2.37. The normalized spacial score (nSPS) is 16.2. The Kier molecular flexibility index (Phi) is 5.34. The van der Waals surface area contributed by atoms with Gasteiger partial charge in [-0.2, -0.15) is 0 Å². The molecule has 1 N–H and O–H groups in total. The first kappa shape index (κ1) is 19.4. The molecule has 4 amide bonds. The second-order valence-corrected chi connectivity index (χ2v) is 7.14. The zero-order chi connectivity index (χ0) is 21.1. The van der Waals surface area contributed by atoms with Gasteiger partial charge in [-0.05, 0) is 48.9 Å². The van der Waals surface area contributed by atoms with E-state index in [0.717, 1.165) is 10.5 Å². The Morgan fingerprint density at radius 1 is 1.03 bits per heavy atom. The highest BCUT2D eigenvalue weighted by Crippen LogP contribution is 2.29. The quantitative estimate of drug-likeness (QED) is 0.632. The van der Waals surface area contributed by atoms with Crippen molar-refractivity contribution in [2.45, 2.75) is 25.9 Å². The number of benzene rings is 2. The van der Waals surface area contributed by atoms with Gasteiger partial charge >= 0.3 is 6.03 Å². The fourth-order valence-corrected chi connectivity index (χ4v) is 3.50. The molecule has 1 aliphatic heterocycles. The standard InChI is InChI=1S/C23H21N3O4/c1-16-7-5-10-18(13-16)26-22(28)20(14-21(27)24-17-8-3-2-4-9-17)25(23(26)29)15-19-11-6-12-30-19/h2-13,20H,14-15H2,1H3,(H,24,27)/t20-/m0/s1. The first-order valence-electron chi connectivity index (χ1n) is 9.61. The van der Waals surface area contributed by atoms with Crippen LogP contribution in [0.5, 0.6) is 0 Å². The molecule has 0 unspecified atom stereocenters. The molecule has 152 valence electrons. The zero-order valence-corrected chi connectivity index (χ0v) is 16.4. The molecule has 7 nitrogen and oxygen atoms in total. The molecule has 2 heterocycles. The van der Waals surface area contributed by atoms with E-state index in [1.807, 2.05) is 31.2 Å². The summed E-state index contributed by atoms with van der Waals surface area (Å²) in [7, 11) is 0. The van der Waals surface area contributed by atoms with E-state index in [-0.39, 0.29) is 18.9 Å². The minimum atomic E-state index is -0.924. The first-order chi connectivity index (χ1) is 14.5. The molecule has 4 rings (SSSR count). The number of nitrogens with one attached hydrogen (secondary N) is 1. The van der Waals surface area contributed by atoms with Crippen molar-refractivity contribution in [2.24, 2.45) is 0 Å². The Labute approximate surface area is 173 Å². The van der Waals surface area contributed by atoms with Gasteiger partial charge in [0.05, 0.1) is 24.9 Å². The highest BCUT2D eigenvalue weighted by molar-refractivity contribution is 6.22. The summed E-state index contributed by atoms with van der Waals surface area (Å²) in [4.78, 5) is 41.5. The van der Waals surface area contributed by atoms with Crippen molar-refractivity contribution < 1.29 is 18.8 Å². The third-order valence-corrected chi connectivity index (χ3v) is 4.92. The summed E-state index contributed by atoms with van der Waals surface area (Å²) < 4.78 is 5.36. The predicted octanol–water partition coefficient (Wildman–Crippen LogP) is 3.95. The number of urea groups is 1. The van der Waals surface area contributed by atoms with Crippen LogP contribution >= 0.6 is 0 Å². The summed E-state index contributed by atoms with van der Waals surface area (Å²) in [5.41, 5.74) is 2.05. The van der Waals surface area contributed by atoms with Crippen molar-refractivity contribution in [3.05, 3.63) is 84.3 Å². The van der Waals surface area contributed by atoms with Gasteiger partial charge in [0.15, 0.2) is 0 Å². The third kappa shape index (κ3) is 3.96. The fraction of sp³-hybridized carbons (Fsp3) is 0.174. The molecule has 0 bridgehead atoms. The highest BCUT2D eigenvalue weighted by atomic mass is 16.3. The van der Waals surface area contributed by atoms with E-state index >= 15 is 0 Å². The Bertz CT molecular complexity index is 1060. The van der Waals surface area contributed by atoms with Gasteiger partial charge in [-0.3, -0.25) is 9.59 Å². The van der Waals surface area contributed by atoms with Gasteiger partial charge in [-0.15, -0.1) is 0 Å². The van der Waals surface area contributed by atoms with Gasteiger partial charge in [0, 0.05) is 5.69 Å². The van der Waals surface area contributed by atoms with Crippen molar-refractivity contribution in [3.8, 4) is 0 Å². The Morgan fingerprint density at radius 3 is 2.53 bits per heavy atom. The maximum absolute atomic E-state index is 13.2. The van der Waals surface area contributed by atoms with Crippen LogP contribution in [0.15, 0.2) is 77.4 Å². The molecular formula is C23H21N3O4. The van der Waals surface area contributed by atoms with Crippen LogP contribution in [-0.4, -0.2) is 28.8 Å². The molecule has 0 saturated carbocycles. The van der Waals surface area contributed by atoms with Crippen LogP contribution in [0.25, 0.3) is 0 Å². The minimum Gasteiger partial charge on any atom is -0.467 e. The summed E-state index contributed by atoms with van der Waals surface area (Å²) in [6, 6.07) is 18.2. The Hall–Kier alpha value is -3.87. The summed E-state index contributed by atoms with van der Waals surface area (Å²) in [6.45, 7) is 1.99. The van der Waals surface area contributed by atoms with E-state index in [2.05, 4.69) is 5.32 Å². The Balaban J connectivity index is 1.60. The lowest BCUT2D eigenvalue weighted by atomic mass is 10.1. The molecule has 2 aromatic carbocycles. The molecule has 0 spiro atoms. The van der Waals surface area contributed by atoms with Crippen molar-refractivity contribution in [1.29, 1.82) is 0 Å². The number of hydrogen-bond donors (Lipinski definition) is 1. The van der Waals surface area contributed by atoms with Gasteiger partial charge in [0.25, 0.3) is 5.91 Å². The molecule has 0 radical (unpaired) electrons. The molecule has 7 heteroatoms. The molecule has 1 atom stereocenters. The van der Waals surface area contributed by atoms with Gasteiger partial charge in [0.1, 0.15) is 11.8 Å². The summed E-state index contributed by atoms with van der Waals surface area (Å²) in [5.74, 6) is -0.237. The van der Waals surface area contributed by atoms with Crippen molar-refractivity contribution in [2.75, 3.05) is 10.2 Å². The van der Waals surface area contributed by atoms with E-state index < -0.39 is 18.0 Å². The van der Waals surface area contributed by atoms with Crippen molar-refractivity contribution in [1.82, 2.24) is 4.90 Å². The number of carbonyl (C=O) groups is 3. The number of para-hydroxylation sites is 1. The van der Waals surface area contributed by atoms with Crippen LogP contribution in [0.4, 0.5) is 16.2 Å². The zero-order valence-electron chi connectivity index (χ0n) is 16.4. The maximum atomic E-state index is 13.2. The smallest absolute Gasteiger partial charge is 0.332 e. The highest BCUT2D eigenvalue weighted by Gasteiger charge is 2.47. The van der Waals surface area contributed by atoms with Gasteiger partial charge in [-0.1, -0.05) is 30.3 Å². The summed E-state index contributed by atoms with van der Waals surface area (Å²) in [6.07, 6.45) is 1.36. The van der Waals surface area contributed by atoms with Crippen LogP contribution in [0.3, 0.4) is 0 Å². The fourth-order valence-electron chi connectivity index (χ4n) is 3.50. The monoisotopic (exact) mass is 403 g/mol. The molecule has 1 saturated heterocycles. The lowest BCUT2D eigenvalue weighted by Gasteiger charge is -2.20. The van der Waals surface area contributed by atoms with Gasteiger partial charge in [0.2, 0.25) is 5.91 Å². The number of rotatable bonds is 6. The number of furan rings is 1. The molecule has 3 aromatic rings. The van der Waals surface area contributed by atoms with Crippen LogP contribution in [-0.2, 0) is 16.1 Å². The topological polar surface area (TPSA) is 82.9 Å². The number of carbonyl (C=O) groups excluding carboxylic acids is 3. The largest absolute Gasteiger partial charge is 0.467 e. The number of nitrogens with zero attached hydrogens (tertiary/aromatic N) is 2. The Morgan fingerprint density at radius 2 is 1.83 bits per heavy atom. The van der Waals surface area contributed by atoms with Crippen LogP contribution in [0, 0.1) is 6.92 Å². The summed E-state index contributed by atoms with van der Waals surface area (Å²) >= 11 is 0. The minimum absolute atomic E-state index is 0.100. The van der Waals surface area contributed by atoms with Crippen LogP contribution < -0.4 is 10.2 Å². The first-order valence-corrected chi connectivity index (χ1v) is 9.61. The number of amides is 4. The van der Waals surface area contributed by atoms with Crippen molar-refractivity contribution >= 4 is 29.2 Å². The van der Waals surface area contributed by atoms with Gasteiger partial charge < -0.3 is 14.6 Å². The molecule has 1 fully saturated rings. The van der Waals surface area contributed by atoms with E-state index in [9.17, 15) is 14.4 Å². The second kappa shape index (κ2) is 8.24. The van der Waals surface area contributed by atoms with E-state index in [1.165, 1.54) is 11.2 Å². The number of aryl methyl sites for hydroxylation is 1. The van der Waals surface area contributed by atoms with E-state index in [0.29, 0.717) is 17.1 Å². The number of anilines is 2. The van der Waals surface area contributed by atoms with Crippen molar-refractivity contribution in [3.63, 3.8) is 0 Å².